The third-order valence-corrected chi connectivity index (χ3v) is 6.24. The molecule has 0 aromatic carbocycles. The van der Waals surface area contributed by atoms with Crippen molar-refractivity contribution in [2.24, 2.45) is 0 Å². The van der Waals surface area contributed by atoms with E-state index < -0.39 is 38.6 Å². The molecule has 0 spiro atoms. The van der Waals surface area contributed by atoms with Crippen molar-refractivity contribution >= 4 is 38.6 Å². The zero-order valence-electron chi connectivity index (χ0n) is 19.9. The normalized spacial score (nSPS) is 13.7. The Morgan fingerprint density at radius 2 is 1.21 bits per heavy atom. The fourth-order valence-electron chi connectivity index (χ4n) is 1.64. The molecule has 0 rings (SSSR count). The van der Waals surface area contributed by atoms with Crippen LogP contribution in [0, 0.1) is 0 Å². The lowest BCUT2D eigenvalue weighted by Crippen LogP contribution is -2.14. The summed E-state index contributed by atoms with van der Waals surface area (Å²) >= 11 is 0. The van der Waals surface area contributed by atoms with Gasteiger partial charge in [0.15, 0.2) is 7.37 Å². The SMILES string of the molecule is C=C(C)C(=O)OCCOC(=O)CCP(C)(=O)O.C=C(C)C(=O)OCCOP(C)(=O)CCC(=O)O. The van der Waals surface area contributed by atoms with E-state index in [1.807, 2.05) is 0 Å². The number of ether oxygens (including phenoxy) is 3. The molecule has 196 valence electrons. The van der Waals surface area contributed by atoms with E-state index in [0.717, 1.165) is 0 Å². The lowest BCUT2D eigenvalue weighted by molar-refractivity contribution is -0.149. The van der Waals surface area contributed by atoms with E-state index in [2.05, 4.69) is 22.6 Å². The van der Waals surface area contributed by atoms with Gasteiger partial charge in [0.05, 0.1) is 19.4 Å². The van der Waals surface area contributed by atoms with Crippen molar-refractivity contribution in [1.82, 2.24) is 0 Å². The van der Waals surface area contributed by atoms with Gasteiger partial charge >= 0.3 is 23.9 Å². The molecule has 34 heavy (non-hydrogen) atoms. The van der Waals surface area contributed by atoms with Gasteiger partial charge in [-0.15, -0.1) is 0 Å². The molecule has 2 N–H and O–H groups in total. The second-order valence-corrected chi connectivity index (χ2v) is 12.6. The van der Waals surface area contributed by atoms with E-state index in [0.29, 0.717) is 0 Å². The van der Waals surface area contributed by atoms with Gasteiger partial charge in [-0.2, -0.15) is 0 Å². The molecule has 12 nitrogen and oxygen atoms in total. The minimum atomic E-state index is -3.19. The number of carboxylic acid groups (broad SMARTS) is 1. The first-order valence-corrected chi connectivity index (χ1v) is 14.5. The fraction of sp³-hybridized carbons (Fsp3) is 0.600. The molecule has 0 amide bonds. The van der Waals surface area contributed by atoms with Crippen LogP contribution < -0.4 is 0 Å². The summed E-state index contributed by atoms with van der Waals surface area (Å²) in [6.45, 7) is 12.2. The number of hydrogen-bond donors (Lipinski definition) is 2. The average molecular weight is 528 g/mol. The highest BCUT2D eigenvalue weighted by atomic mass is 31.2. The molecular weight excluding hydrogens is 494 g/mol. The Labute approximate surface area is 199 Å². The molecule has 0 saturated heterocycles. The molecule has 0 heterocycles. The van der Waals surface area contributed by atoms with Gasteiger partial charge < -0.3 is 28.7 Å². The van der Waals surface area contributed by atoms with E-state index in [9.17, 15) is 28.3 Å². The Morgan fingerprint density at radius 3 is 1.62 bits per heavy atom. The van der Waals surface area contributed by atoms with Gasteiger partial charge in [-0.1, -0.05) is 13.2 Å². The summed E-state index contributed by atoms with van der Waals surface area (Å²) in [4.78, 5) is 52.2. The van der Waals surface area contributed by atoms with Crippen LogP contribution in [0.1, 0.15) is 26.7 Å². The summed E-state index contributed by atoms with van der Waals surface area (Å²) in [6.07, 6.45) is -0.480. The van der Waals surface area contributed by atoms with E-state index in [-0.39, 0.29) is 62.7 Å². The Kier molecular flexibility index (Phi) is 17.2. The summed E-state index contributed by atoms with van der Waals surface area (Å²) in [5, 5.41) is 8.43. The van der Waals surface area contributed by atoms with Gasteiger partial charge in [-0.3, -0.25) is 18.7 Å². The van der Waals surface area contributed by atoms with Crippen molar-refractivity contribution in [3.05, 3.63) is 24.3 Å². The highest BCUT2D eigenvalue weighted by Gasteiger charge is 2.18. The first kappa shape index (κ1) is 33.9. The molecule has 2 unspecified atom stereocenters. The highest BCUT2D eigenvalue weighted by Crippen LogP contribution is 2.42. The summed E-state index contributed by atoms with van der Waals surface area (Å²) < 4.78 is 41.6. The third-order valence-electron chi connectivity index (χ3n) is 3.42. The molecule has 0 aromatic heterocycles. The number of carbonyl (C=O) groups excluding carboxylic acids is 3. The number of hydrogen-bond acceptors (Lipinski definition) is 10. The second-order valence-electron chi connectivity index (χ2n) is 7.29. The van der Waals surface area contributed by atoms with Crippen LogP contribution in [0.15, 0.2) is 24.3 Å². The number of esters is 3. The molecule has 0 aliphatic heterocycles. The predicted octanol–water partition coefficient (Wildman–Crippen LogP) is 2.44. The minimum Gasteiger partial charge on any atom is -0.481 e. The van der Waals surface area contributed by atoms with Crippen LogP contribution in [-0.2, 0) is 47.0 Å². The fourth-order valence-corrected chi connectivity index (χ4v) is 3.42. The molecule has 0 aliphatic rings. The lowest BCUT2D eigenvalue weighted by atomic mass is 10.4. The second kappa shape index (κ2) is 17.2. The van der Waals surface area contributed by atoms with E-state index in [4.69, 9.17) is 19.3 Å². The van der Waals surface area contributed by atoms with Crippen LogP contribution in [0.5, 0.6) is 0 Å². The number of aliphatic carboxylic acids is 1. The van der Waals surface area contributed by atoms with Crippen LogP contribution in [0.25, 0.3) is 0 Å². The van der Waals surface area contributed by atoms with Crippen molar-refractivity contribution < 1.29 is 57.0 Å². The Hall–Kier alpha value is -2.26. The van der Waals surface area contributed by atoms with Crippen molar-refractivity contribution in [2.45, 2.75) is 26.7 Å². The molecular formula is C20H34O12P2. The molecule has 0 bridgehead atoms. The summed E-state index contributed by atoms with van der Waals surface area (Å²) in [5.74, 6) is -2.70. The van der Waals surface area contributed by atoms with Crippen LogP contribution >= 0.6 is 14.7 Å². The Morgan fingerprint density at radius 1 is 0.765 bits per heavy atom. The first-order chi connectivity index (χ1) is 15.5. The summed E-state index contributed by atoms with van der Waals surface area (Å²) in [5.41, 5.74) is 0.541. The zero-order valence-corrected chi connectivity index (χ0v) is 21.7. The molecule has 0 aromatic rings. The van der Waals surface area contributed by atoms with Gasteiger partial charge in [0, 0.05) is 36.8 Å². The van der Waals surface area contributed by atoms with Gasteiger partial charge in [0.1, 0.15) is 19.8 Å². The molecule has 14 heteroatoms. The summed E-state index contributed by atoms with van der Waals surface area (Å²) in [6, 6.07) is 0. The van der Waals surface area contributed by atoms with Gasteiger partial charge in [-0.05, 0) is 13.8 Å². The van der Waals surface area contributed by atoms with Gasteiger partial charge in [0.2, 0.25) is 7.37 Å². The van der Waals surface area contributed by atoms with Crippen molar-refractivity contribution in [1.29, 1.82) is 0 Å². The minimum absolute atomic E-state index is 0.0214. The first-order valence-electron chi connectivity index (χ1n) is 10.00. The molecule has 0 fully saturated rings. The topological polar surface area (TPSA) is 180 Å². The predicted molar refractivity (Wildman–Crippen MR) is 124 cm³/mol. The Bertz CT molecular complexity index is 827. The Balaban J connectivity index is 0. The number of carboxylic acids is 1. The smallest absolute Gasteiger partial charge is 0.333 e. The van der Waals surface area contributed by atoms with Crippen molar-refractivity contribution in [3.8, 4) is 0 Å². The molecule has 0 saturated carbocycles. The average Bonchev–Trinajstić information content (AvgIpc) is 2.70. The highest BCUT2D eigenvalue weighted by molar-refractivity contribution is 7.58. The van der Waals surface area contributed by atoms with Crippen LogP contribution in [0.4, 0.5) is 0 Å². The van der Waals surface area contributed by atoms with E-state index in [1.54, 1.807) is 0 Å². The maximum atomic E-state index is 11.7. The maximum Gasteiger partial charge on any atom is 0.333 e. The largest absolute Gasteiger partial charge is 0.481 e. The molecule has 0 radical (unpaired) electrons. The molecule has 0 aliphatic carbocycles. The summed E-state index contributed by atoms with van der Waals surface area (Å²) in [7, 11) is -6.11. The number of rotatable bonds is 15. The van der Waals surface area contributed by atoms with E-state index >= 15 is 0 Å². The lowest BCUT2D eigenvalue weighted by Gasteiger charge is -2.12. The monoisotopic (exact) mass is 528 g/mol. The standard InChI is InChI=1S/2C10H17O6P/c1-8(2)10(12)16-6-5-15-9(11)4-7-17(3,13)14;1-8(2)10(13)15-5-6-16-17(3,14)7-4-9(11)12/h1,4-7H2,2-3H3,(H,13,14);1,4-7H2,2-3H3,(H,11,12). The van der Waals surface area contributed by atoms with Gasteiger partial charge in [-0.25, -0.2) is 9.59 Å². The van der Waals surface area contributed by atoms with Crippen LogP contribution in [-0.4, -0.2) is 86.0 Å². The third kappa shape index (κ3) is 22.9. The van der Waals surface area contributed by atoms with Crippen molar-refractivity contribution in [3.63, 3.8) is 0 Å². The molecule has 2 atom stereocenters. The zero-order chi connectivity index (χ0) is 26.9. The van der Waals surface area contributed by atoms with Crippen molar-refractivity contribution in [2.75, 3.05) is 52.1 Å². The van der Waals surface area contributed by atoms with Gasteiger partial charge in [0.25, 0.3) is 0 Å². The van der Waals surface area contributed by atoms with Crippen LogP contribution in [0.3, 0.4) is 0 Å². The van der Waals surface area contributed by atoms with Crippen LogP contribution in [0.2, 0.25) is 0 Å². The number of carbonyl (C=O) groups is 4. The van der Waals surface area contributed by atoms with E-state index in [1.165, 1.54) is 27.2 Å². The quantitative estimate of drug-likeness (QED) is 0.104. The maximum absolute atomic E-state index is 11.7.